The maximum Gasteiger partial charge on any atom is 0.231 e. The van der Waals surface area contributed by atoms with Gasteiger partial charge in [-0.3, -0.25) is 4.79 Å². The van der Waals surface area contributed by atoms with Crippen molar-refractivity contribution in [1.29, 1.82) is 5.26 Å². The number of likely N-dealkylation sites (tertiary alicyclic amines) is 1. The Morgan fingerprint density at radius 1 is 1.57 bits per heavy atom. The van der Waals surface area contributed by atoms with E-state index in [-0.39, 0.29) is 11.8 Å². The molecule has 124 valence electrons. The van der Waals surface area contributed by atoms with Gasteiger partial charge in [0.05, 0.1) is 24.8 Å². The quantitative estimate of drug-likeness (QED) is 0.821. The van der Waals surface area contributed by atoms with E-state index in [1.54, 1.807) is 12.0 Å². The lowest BCUT2D eigenvalue weighted by molar-refractivity contribution is -0.119. The molecule has 0 spiro atoms. The van der Waals surface area contributed by atoms with Crippen molar-refractivity contribution in [1.82, 2.24) is 9.88 Å². The van der Waals surface area contributed by atoms with E-state index in [0.717, 1.165) is 30.8 Å². The summed E-state index contributed by atoms with van der Waals surface area (Å²) in [4.78, 5) is 20.5. The average molecular weight is 335 g/mol. The number of rotatable bonds is 5. The molecule has 0 bridgehead atoms. The van der Waals surface area contributed by atoms with E-state index in [9.17, 15) is 4.79 Å². The Morgan fingerprint density at radius 3 is 3.17 bits per heavy atom. The second-order valence-corrected chi connectivity index (χ2v) is 6.98. The zero-order valence-corrected chi connectivity index (χ0v) is 14.0. The molecular formula is C15H21N5O2S. The van der Waals surface area contributed by atoms with Crippen LogP contribution in [0.15, 0.2) is 6.20 Å². The van der Waals surface area contributed by atoms with Gasteiger partial charge in [-0.05, 0) is 19.3 Å². The third-order valence-electron chi connectivity index (χ3n) is 4.44. The molecule has 3 rings (SSSR count). The van der Waals surface area contributed by atoms with Crippen LogP contribution in [0, 0.1) is 17.4 Å². The van der Waals surface area contributed by atoms with Gasteiger partial charge < -0.3 is 19.9 Å². The Morgan fingerprint density at radius 2 is 2.43 bits per heavy atom. The van der Waals surface area contributed by atoms with Gasteiger partial charge in [-0.15, -0.1) is 0 Å². The maximum absolute atomic E-state index is 12.3. The van der Waals surface area contributed by atoms with E-state index in [2.05, 4.69) is 21.4 Å². The third kappa shape index (κ3) is 3.57. The molecule has 1 aromatic heterocycles. The standard InChI is InChI=1S/C15H21N5O2S/c1-22-9-12-3-2-5-20(12)13-7-17-15(23-13)18-14(21)11-4-6-19(8-11)10-16/h7,11-12H,2-6,8-9H2,1H3,(H,17,18,21)/t11-,12+/m0/s1. The molecule has 0 aromatic carbocycles. The van der Waals surface area contributed by atoms with Crippen LogP contribution in [0.25, 0.3) is 0 Å². The number of hydrogen-bond donors (Lipinski definition) is 1. The van der Waals surface area contributed by atoms with Crippen LogP contribution in [0.5, 0.6) is 0 Å². The fraction of sp³-hybridized carbons (Fsp3) is 0.667. The number of anilines is 2. The van der Waals surface area contributed by atoms with Crippen LogP contribution in [0.3, 0.4) is 0 Å². The van der Waals surface area contributed by atoms with Crippen LogP contribution in [0.1, 0.15) is 19.3 Å². The summed E-state index contributed by atoms with van der Waals surface area (Å²) >= 11 is 1.50. The number of carbonyl (C=O) groups excluding carboxylic acids is 1. The lowest BCUT2D eigenvalue weighted by atomic mass is 10.1. The number of carbonyl (C=O) groups is 1. The van der Waals surface area contributed by atoms with Crippen molar-refractivity contribution in [3.63, 3.8) is 0 Å². The number of aromatic nitrogens is 1. The first kappa shape index (κ1) is 16.0. The summed E-state index contributed by atoms with van der Waals surface area (Å²) in [5.74, 6) is -0.173. The number of nitrogens with one attached hydrogen (secondary N) is 1. The highest BCUT2D eigenvalue weighted by Gasteiger charge is 2.29. The highest BCUT2D eigenvalue weighted by molar-refractivity contribution is 7.19. The van der Waals surface area contributed by atoms with Gasteiger partial charge in [-0.25, -0.2) is 4.98 Å². The van der Waals surface area contributed by atoms with E-state index in [4.69, 9.17) is 10.00 Å². The first-order chi connectivity index (χ1) is 11.2. The van der Waals surface area contributed by atoms with E-state index in [0.29, 0.717) is 30.9 Å². The zero-order chi connectivity index (χ0) is 16.2. The van der Waals surface area contributed by atoms with E-state index < -0.39 is 0 Å². The fourth-order valence-electron chi connectivity index (χ4n) is 3.22. The van der Waals surface area contributed by atoms with Crippen LogP contribution < -0.4 is 10.2 Å². The summed E-state index contributed by atoms with van der Waals surface area (Å²) in [6.45, 7) is 2.88. The van der Waals surface area contributed by atoms with Gasteiger partial charge >= 0.3 is 0 Å². The predicted molar refractivity (Wildman–Crippen MR) is 88.3 cm³/mol. The molecule has 7 nitrogen and oxygen atoms in total. The van der Waals surface area contributed by atoms with Gasteiger partial charge in [-0.1, -0.05) is 11.3 Å². The zero-order valence-electron chi connectivity index (χ0n) is 13.2. The number of methoxy groups -OCH3 is 1. The molecule has 2 atom stereocenters. The van der Waals surface area contributed by atoms with Crippen molar-refractivity contribution < 1.29 is 9.53 Å². The second kappa shape index (κ2) is 7.15. The molecular weight excluding hydrogens is 314 g/mol. The number of thiazole rings is 1. The summed E-state index contributed by atoms with van der Waals surface area (Å²) in [5, 5.41) is 13.5. The first-order valence-corrected chi connectivity index (χ1v) is 8.70. The number of amides is 1. The van der Waals surface area contributed by atoms with Crippen molar-refractivity contribution in [3.8, 4) is 6.19 Å². The molecule has 0 saturated carbocycles. The summed E-state index contributed by atoms with van der Waals surface area (Å²) in [7, 11) is 1.72. The monoisotopic (exact) mass is 335 g/mol. The lowest BCUT2D eigenvalue weighted by Gasteiger charge is -2.23. The normalized spacial score (nSPS) is 24.0. The smallest absolute Gasteiger partial charge is 0.231 e. The van der Waals surface area contributed by atoms with E-state index >= 15 is 0 Å². The van der Waals surface area contributed by atoms with Crippen LogP contribution in [0.4, 0.5) is 10.1 Å². The molecule has 23 heavy (non-hydrogen) atoms. The van der Waals surface area contributed by atoms with Crippen molar-refractivity contribution in [3.05, 3.63) is 6.20 Å². The molecule has 1 N–H and O–H groups in total. The minimum absolute atomic E-state index is 0.0430. The molecule has 2 saturated heterocycles. The largest absolute Gasteiger partial charge is 0.383 e. The van der Waals surface area contributed by atoms with Gasteiger partial charge in [0.15, 0.2) is 11.3 Å². The Labute approximate surface area is 139 Å². The SMILES string of the molecule is COC[C@H]1CCCN1c1cnc(NC(=O)[C@H]2CCN(C#N)C2)s1. The number of nitriles is 1. The van der Waals surface area contributed by atoms with Crippen LogP contribution in [-0.2, 0) is 9.53 Å². The molecule has 0 aliphatic carbocycles. The summed E-state index contributed by atoms with van der Waals surface area (Å²) in [6, 6.07) is 0.392. The Balaban J connectivity index is 1.59. The highest BCUT2D eigenvalue weighted by atomic mass is 32.1. The van der Waals surface area contributed by atoms with Crippen LogP contribution >= 0.6 is 11.3 Å². The molecule has 2 aliphatic rings. The topological polar surface area (TPSA) is 81.5 Å². The van der Waals surface area contributed by atoms with Gasteiger partial charge in [0.1, 0.15) is 5.00 Å². The predicted octanol–water partition coefficient (Wildman–Crippen LogP) is 1.50. The lowest BCUT2D eigenvalue weighted by Crippen LogP contribution is -2.32. The first-order valence-electron chi connectivity index (χ1n) is 7.88. The van der Waals surface area contributed by atoms with Gasteiger partial charge in [-0.2, -0.15) is 5.26 Å². The number of nitrogens with zero attached hydrogens (tertiary/aromatic N) is 4. The molecule has 3 heterocycles. The van der Waals surface area contributed by atoms with E-state index in [1.807, 2.05) is 6.20 Å². The third-order valence-corrected chi connectivity index (χ3v) is 5.39. The average Bonchev–Trinajstić information content (AvgIpc) is 3.27. The van der Waals surface area contributed by atoms with Crippen molar-refractivity contribution in [2.24, 2.45) is 5.92 Å². The molecule has 1 aromatic rings. The Kier molecular flexibility index (Phi) is 4.98. The van der Waals surface area contributed by atoms with Crippen molar-refractivity contribution >= 4 is 27.4 Å². The van der Waals surface area contributed by atoms with Gasteiger partial charge in [0, 0.05) is 26.7 Å². The second-order valence-electron chi connectivity index (χ2n) is 5.97. The van der Waals surface area contributed by atoms with Crippen LogP contribution in [0.2, 0.25) is 0 Å². The number of hydrogen-bond acceptors (Lipinski definition) is 7. The highest BCUT2D eigenvalue weighted by Crippen LogP contribution is 2.33. The number of ether oxygens (including phenoxy) is 1. The minimum Gasteiger partial charge on any atom is -0.383 e. The minimum atomic E-state index is -0.130. The molecule has 2 aliphatic heterocycles. The molecule has 0 radical (unpaired) electrons. The summed E-state index contributed by atoms with van der Waals surface area (Å²) in [6.07, 6.45) is 6.92. The molecule has 8 heteroatoms. The molecule has 2 fully saturated rings. The maximum atomic E-state index is 12.3. The van der Waals surface area contributed by atoms with Crippen molar-refractivity contribution in [2.45, 2.75) is 25.3 Å². The Bertz CT molecular complexity index is 599. The van der Waals surface area contributed by atoms with Crippen molar-refractivity contribution in [2.75, 3.05) is 43.6 Å². The Hall–Kier alpha value is -1.85. The van der Waals surface area contributed by atoms with Gasteiger partial charge in [0.2, 0.25) is 5.91 Å². The van der Waals surface area contributed by atoms with E-state index in [1.165, 1.54) is 11.3 Å². The summed E-state index contributed by atoms with van der Waals surface area (Å²) in [5.41, 5.74) is 0. The molecule has 1 amide bonds. The fourth-order valence-corrected chi connectivity index (χ4v) is 4.14. The molecule has 0 unspecified atom stereocenters. The van der Waals surface area contributed by atoms with Gasteiger partial charge in [0.25, 0.3) is 0 Å². The van der Waals surface area contributed by atoms with Crippen LogP contribution in [-0.4, -0.2) is 55.2 Å². The summed E-state index contributed by atoms with van der Waals surface area (Å²) < 4.78 is 5.28.